The summed E-state index contributed by atoms with van der Waals surface area (Å²) in [7, 11) is -3.46. The molecule has 0 atom stereocenters. The van der Waals surface area contributed by atoms with Gasteiger partial charge in [0.05, 0.1) is 18.4 Å². The first-order chi connectivity index (χ1) is 7.42. The molecule has 0 heterocycles. The van der Waals surface area contributed by atoms with Crippen LogP contribution in [-0.4, -0.2) is 21.3 Å². The number of nitrogens with zero attached hydrogens (tertiary/aromatic N) is 1. The summed E-state index contributed by atoms with van der Waals surface area (Å²) in [5, 5.41) is 8.50. The lowest BCUT2D eigenvalue weighted by Gasteiger charge is -2.02. The van der Waals surface area contributed by atoms with Gasteiger partial charge in [-0.25, -0.2) is 4.39 Å². The largest absolute Gasteiger partial charge is 0.270 e. The van der Waals surface area contributed by atoms with Crippen molar-refractivity contribution in [1.29, 1.82) is 5.26 Å². The molecule has 86 valence electrons. The summed E-state index contributed by atoms with van der Waals surface area (Å²) in [6, 6.07) is 5.81. The molecule has 0 fully saturated rings. The molecule has 1 aromatic carbocycles. The van der Waals surface area contributed by atoms with Crippen LogP contribution in [0.2, 0.25) is 0 Å². The minimum Gasteiger partial charge on any atom is -0.270 e. The number of hydrogen-bond donors (Lipinski definition) is 0. The predicted octanol–water partition coefficient (Wildman–Crippen LogP) is 1.22. The van der Waals surface area contributed by atoms with Crippen molar-refractivity contribution in [3.8, 4) is 6.07 Å². The van der Waals surface area contributed by atoms with Gasteiger partial charge in [-0.1, -0.05) is 6.07 Å². The minimum atomic E-state index is -3.46. The second-order valence-electron chi connectivity index (χ2n) is 3.20. The van der Waals surface area contributed by atoms with E-state index in [0.717, 1.165) is 6.26 Å². The molecular weight excluding hydrogens is 233 g/mol. The van der Waals surface area contributed by atoms with E-state index in [1.807, 2.05) is 0 Å². The maximum Gasteiger partial charge on any atom is 0.264 e. The van der Waals surface area contributed by atoms with Gasteiger partial charge in [-0.2, -0.15) is 13.7 Å². The van der Waals surface area contributed by atoms with E-state index in [-0.39, 0.29) is 18.6 Å². The fourth-order valence-corrected chi connectivity index (χ4v) is 1.50. The summed E-state index contributed by atoms with van der Waals surface area (Å²) in [5.74, 6) is -0.612. The fourth-order valence-electron chi connectivity index (χ4n) is 1.12. The molecule has 16 heavy (non-hydrogen) atoms. The van der Waals surface area contributed by atoms with Crippen LogP contribution in [0.3, 0.4) is 0 Å². The number of hydrogen-bond acceptors (Lipinski definition) is 4. The van der Waals surface area contributed by atoms with E-state index in [1.54, 1.807) is 12.1 Å². The Hall–Kier alpha value is -1.45. The van der Waals surface area contributed by atoms with Gasteiger partial charge in [0, 0.05) is 0 Å². The second kappa shape index (κ2) is 5.05. The van der Waals surface area contributed by atoms with Crippen molar-refractivity contribution in [3.63, 3.8) is 0 Å². The molecule has 0 saturated heterocycles. The summed E-state index contributed by atoms with van der Waals surface area (Å²) in [6.07, 6.45) is 1.22. The Morgan fingerprint density at radius 2 is 2.19 bits per heavy atom. The van der Waals surface area contributed by atoms with E-state index >= 15 is 0 Å². The van der Waals surface area contributed by atoms with Crippen molar-refractivity contribution in [3.05, 3.63) is 35.1 Å². The highest BCUT2D eigenvalue weighted by Crippen LogP contribution is 2.10. The van der Waals surface area contributed by atoms with Crippen molar-refractivity contribution >= 4 is 10.1 Å². The first-order valence-corrected chi connectivity index (χ1v) is 6.27. The van der Waals surface area contributed by atoms with E-state index < -0.39 is 15.9 Å². The summed E-state index contributed by atoms with van der Waals surface area (Å²) >= 11 is 0. The zero-order valence-electron chi connectivity index (χ0n) is 8.60. The summed E-state index contributed by atoms with van der Waals surface area (Å²) in [4.78, 5) is 0. The Balaban J connectivity index is 2.63. The van der Waals surface area contributed by atoms with E-state index in [4.69, 9.17) is 5.26 Å². The molecule has 0 aliphatic rings. The molecule has 0 amide bonds. The van der Waals surface area contributed by atoms with Gasteiger partial charge in [-0.05, 0) is 24.1 Å². The maximum absolute atomic E-state index is 13.1. The Morgan fingerprint density at radius 1 is 1.50 bits per heavy atom. The molecule has 0 unspecified atom stereocenters. The quantitative estimate of drug-likeness (QED) is 0.745. The van der Waals surface area contributed by atoms with Crippen LogP contribution in [-0.2, 0) is 20.7 Å². The molecule has 0 radical (unpaired) electrons. The van der Waals surface area contributed by atoms with Gasteiger partial charge in [-0.15, -0.1) is 0 Å². The fraction of sp³-hybridized carbons (Fsp3) is 0.300. The minimum absolute atomic E-state index is 0.0345. The molecule has 1 rings (SSSR count). The van der Waals surface area contributed by atoms with Crippen LogP contribution in [0.5, 0.6) is 0 Å². The van der Waals surface area contributed by atoms with Crippen LogP contribution >= 0.6 is 0 Å². The van der Waals surface area contributed by atoms with Crippen LogP contribution in [0.1, 0.15) is 11.1 Å². The van der Waals surface area contributed by atoms with Gasteiger partial charge in [0.15, 0.2) is 0 Å². The van der Waals surface area contributed by atoms with Gasteiger partial charge in [0.25, 0.3) is 10.1 Å². The van der Waals surface area contributed by atoms with Crippen LogP contribution < -0.4 is 0 Å². The van der Waals surface area contributed by atoms with Crippen molar-refractivity contribution in [1.82, 2.24) is 0 Å². The van der Waals surface area contributed by atoms with Crippen LogP contribution in [0, 0.1) is 17.1 Å². The van der Waals surface area contributed by atoms with Gasteiger partial charge >= 0.3 is 0 Å². The molecule has 4 nitrogen and oxygen atoms in total. The first-order valence-electron chi connectivity index (χ1n) is 4.45. The Labute approximate surface area is 93.4 Å². The predicted molar refractivity (Wildman–Crippen MR) is 55.6 cm³/mol. The van der Waals surface area contributed by atoms with Gasteiger partial charge < -0.3 is 0 Å². The van der Waals surface area contributed by atoms with Crippen molar-refractivity contribution in [2.75, 3.05) is 12.9 Å². The van der Waals surface area contributed by atoms with E-state index in [1.165, 1.54) is 12.1 Å². The van der Waals surface area contributed by atoms with E-state index in [9.17, 15) is 12.8 Å². The highest BCUT2D eigenvalue weighted by atomic mass is 32.2. The molecule has 0 saturated carbocycles. The summed E-state index contributed by atoms with van der Waals surface area (Å²) < 4.78 is 38.9. The zero-order valence-corrected chi connectivity index (χ0v) is 9.42. The van der Waals surface area contributed by atoms with Gasteiger partial charge in [0.2, 0.25) is 0 Å². The summed E-state index contributed by atoms with van der Waals surface area (Å²) in [6.45, 7) is -0.0375. The molecule has 0 N–H and O–H groups in total. The number of benzene rings is 1. The smallest absolute Gasteiger partial charge is 0.264 e. The molecule has 0 aliphatic carbocycles. The average Bonchev–Trinajstić information content (AvgIpc) is 2.16. The Kier molecular flexibility index (Phi) is 3.99. The highest BCUT2D eigenvalue weighted by molar-refractivity contribution is 7.85. The highest BCUT2D eigenvalue weighted by Gasteiger charge is 2.05. The lowest BCUT2D eigenvalue weighted by atomic mass is 10.1. The molecule has 0 bridgehead atoms. The topological polar surface area (TPSA) is 67.2 Å². The van der Waals surface area contributed by atoms with Crippen LogP contribution in [0.25, 0.3) is 0 Å². The molecule has 6 heteroatoms. The van der Waals surface area contributed by atoms with E-state index in [2.05, 4.69) is 4.18 Å². The third-order valence-electron chi connectivity index (χ3n) is 1.84. The third kappa shape index (κ3) is 3.96. The third-order valence-corrected chi connectivity index (χ3v) is 2.44. The monoisotopic (exact) mass is 243 g/mol. The second-order valence-corrected chi connectivity index (χ2v) is 4.85. The SMILES string of the molecule is CS(=O)(=O)OCCc1ccc(C#N)c(F)c1. The first kappa shape index (κ1) is 12.6. The Morgan fingerprint density at radius 3 is 2.69 bits per heavy atom. The van der Waals surface area contributed by atoms with Crippen molar-refractivity contribution in [2.24, 2.45) is 0 Å². The van der Waals surface area contributed by atoms with Crippen LogP contribution in [0.15, 0.2) is 18.2 Å². The lowest BCUT2D eigenvalue weighted by Crippen LogP contribution is -2.06. The molecule has 0 aliphatic heterocycles. The lowest BCUT2D eigenvalue weighted by molar-refractivity contribution is 0.326. The van der Waals surface area contributed by atoms with Gasteiger partial charge in [-0.3, -0.25) is 4.18 Å². The molecule has 0 spiro atoms. The standard InChI is InChI=1S/C10H10FNO3S/c1-16(13,14)15-5-4-8-2-3-9(7-12)10(11)6-8/h2-3,6H,4-5H2,1H3. The van der Waals surface area contributed by atoms with Gasteiger partial charge in [0.1, 0.15) is 11.9 Å². The van der Waals surface area contributed by atoms with Crippen LogP contribution in [0.4, 0.5) is 4.39 Å². The molecular formula is C10H10FNO3S. The Bertz CT molecular complexity index is 519. The number of rotatable bonds is 4. The maximum atomic E-state index is 13.1. The molecule has 0 aromatic heterocycles. The zero-order chi connectivity index (χ0) is 12.2. The summed E-state index contributed by atoms with van der Waals surface area (Å²) in [5.41, 5.74) is 0.549. The number of halogens is 1. The van der Waals surface area contributed by atoms with E-state index in [0.29, 0.717) is 5.56 Å². The van der Waals surface area contributed by atoms with Crippen molar-refractivity contribution < 1.29 is 17.0 Å². The molecule has 1 aromatic rings. The number of nitriles is 1. The average molecular weight is 243 g/mol. The van der Waals surface area contributed by atoms with Crippen molar-refractivity contribution in [2.45, 2.75) is 6.42 Å². The normalized spacial score (nSPS) is 11.1.